The fourth-order valence-corrected chi connectivity index (χ4v) is 2.09. The molecule has 0 aliphatic rings. The molecule has 2 rings (SSSR count). The Morgan fingerprint density at radius 1 is 1.39 bits per heavy atom. The van der Waals surface area contributed by atoms with Crippen molar-refractivity contribution in [3.8, 4) is 0 Å². The van der Waals surface area contributed by atoms with E-state index in [1.165, 1.54) is 4.68 Å². The Kier molecular flexibility index (Phi) is 3.95. The summed E-state index contributed by atoms with van der Waals surface area (Å²) in [6.45, 7) is 4.12. The van der Waals surface area contributed by atoms with Crippen molar-refractivity contribution in [3.63, 3.8) is 0 Å². The first-order valence-corrected chi connectivity index (χ1v) is 6.55. The zero-order valence-corrected chi connectivity index (χ0v) is 12.3. The van der Waals surface area contributed by atoms with E-state index in [1.54, 1.807) is 6.33 Å². The van der Waals surface area contributed by atoms with Crippen LogP contribution in [0.1, 0.15) is 11.1 Å². The number of para-hydroxylation sites is 1. The molecule has 0 radical (unpaired) electrons. The lowest BCUT2D eigenvalue weighted by molar-refractivity contribution is -0.116. The molecule has 18 heavy (non-hydrogen) atoms. The van der Waals surface area contributed by atoms with E-state index in [9.17, 15) is 4.79 Å². The number of rotatable bonds is 3. The minimum absolute atomic E-state index is 0.103. The zero-order valence-electron chi connectivity index (χ0n) is 10.1. The largest absolute Gasteiger partial charge is 0.324 e. The first kappa shape index (κ1) is 13.0. The van der Waals surface area contributed by atoms with Gasteiger partial charge in [0.2, 0.25) is 9.74 Å². The highest BCUT2D eigenvalue weighted by Gasteiger charge is 2.08. The molecular formula is C12H13IN4O. The van der Waals surface area contributed by atoms with Crippen molar-refractivity contribution in [1.82, 2.24) is 14.8 Å². The third kappa shape index (κ3) is 3.06. The van der Waals surface area contributed by atoms with Gasteiger partial charge in [-0.05, 0) is 25.0 Å². The van der Waals surface area contributed by atoms with E-state index < -0.39 is 0 Å². The molecule has 0 saturated heterocycles. The van der Waals surface area contributed by atoms with Crippen molar-refractivity contribution in [2.75, 3.05) is 5.32 Å². The van der Waals surface area contributed by atoms with Gasteiger partial charge in [0.1, 0.15) is 12.9 Å². The van der Waals surface area contributed by atoms with E-state index in [0.29, 0.717) is 3.83 Å². The van der Waals surface area contributed by atoms with Gasteiger partial charge in [-0.25, -0.2) is 9.67 Å². The van der Waals surface area contributed by atoms with E-state index >= 15 is 0 Å². The maximum absolute atomic E-state index is 11.9. The molecule has 0 aliphatic heterocycles. The molecule has 1 N–H and O–H groups in total. The normalized spacial score (nSPS) is 10.4. The number of carbonyl (C=O) groups excluding carboxylic acids is 1. The Balaban J connectivity index is 2.08. The first-order chi connectivity index (χ1) is 8.56. The molecule has 0 atom stereocenters. The highest BCUT2D eigenvalue weighted by Crippen LogP contribution is 2.19. The van der Waals surface area contributed by atoms with Gasteiger partial charge in [-0.15, -0.1) is 5.10 Å². The Bertz CT molecular complexity index is 559. The van der Waals surface area contributed by atoms with Crippen LogP contribution in [0.4, 0.5) is 5.69 Å². The molecule has 1 aromatic carbocycles. The highest BCUT2D eigenvalue weighted by atomic mass is 127. The molecule has 0 unspecified atom stereocenters. The van der Waals surface area contributed by atoms with Crippen molar-refractivity contribution < 1.29 is 4.79 Å². The minimum atomic E-state index is -0.103. The van der Waals surface area contributed by atoms with E-state index in [1.807, 2.05) is 54.6 Å². The van der Waals surface area contributed by atoms with Gasteiger partial charge < -0.3 is 5.32 Å². The molecule has 1 amide bonds. The lowest BCUT2D eigenvalue weighted by atomic mass is 10.1. The van der Waals surface area contributed by atoms with E-state index in [4.69, 9.17) is 0 Å². The van der Waals surface area contributed by atoms with Gasteiger partial charge >= 0.3 is 0 Å². The van der Waals surface area contributed by atoms with Crippen molar-refractivity contribution in [1.29, 1.82) is 0 Å². The molecule has 94 valence electrons. The second-order valence-corrected chi connectivity index (χ2v) is 4.99. The van der Waals surface area contributed by atoms with Crippen LogP contribution in [0, 0.1) is 17.7 Å². The molecule has 6 heteroatoms. The number of hydrogen-bond acceptors (Lipinski definition) is 3. The molecule has 1 aromatic heterocycles. The zero-order chi connectivity index (χ0) is 13.1. The first-order valence-electron chi connectivity index (χ1n) is 5.47. The SMILES string of the molecule is Cc1cccc(C)c1NC(=O)Cn1cnc(I)n1. The summed E-state index contributed by atoms with van der Waals surface area (Å²) in [6.07, 6.45) is 1.55. The fraction of sp³-hybridized carbons (Fsp3) is 0.250. The summed E-state index contributed by atoms with van der Waals surface area (Å²) in [4.78, 5) is 15.9. The Morgan fingerprint density at radius 3 is 2.61 bits per heavy atom. The molecule has 0 aliphatic carbocycles. The van der Waals surface area contributed by atoms with E-state index in [2.05, 4.69) is 15.4 Å². The van der Waals surface area contributed by atoms with Crippen LogP contribution < -0.4 is 5.32 Å². The summed E-state index contributed by atoms with van der Waals surface area (Å²) in [5.74, 6) is -0.103. The topological polar surface area (TPSA) is 59.8 Å². The second-order valence-electron chi connectivity index (χ2n) is 4.03. The van der Waals surface area contributed by atoms with Gasteiger partial charge in [-0.1, -0.05) is 18.2 Å². The maximum atomic E-state index is 11.9. The lowest BCUT2D eigenvalue weighted by Gasteiger charge is -2.11. The Morgan fingerprint density at radius 2 is 2.06 bits per heavy atom. The predicted octanol–water partition coefficient (Wildman–Crippen LogP) is 2.14. The van der Waals surface area contributed by atoms with E-state index in [0.717, 1.165) is 16.8 Å². The summed E-state index contributed by atoms with van der Waals surface area (Å²) < 4.78 is 2.15. The average Bonchev–Trinajstić information content (AvgIpc) is 2.69. The third-order valence-electron chi connectivity index (χ3n) is 2.56. The van der Waals surface area contributed by atoms with Gasteiger partial charge in [0.05, 0.1) is 0 Å². The molecule has 0 spiro atoms. The van der Waals surface area contributed by atoms with Crippen LogP contribution >= 0.6 is 22.6 Å². The number of anilines is 1. The monoisotopic (exact) mass is 356 g/mol. The quantitative estimate of drug-likeness (QED) is 0.858. The fourth-order valence-electron chi connectivity index (χ4n) is 1.69. The summed E-state index contributed by atoms with van der Waals surface area (Å²) in [5, 5.41) is 6.97. The molecule has 1 heterocycles. The molecule has 5 nitrogen and oxygen atoms in total. The summed E-state index contributed by atoms with van der Waals surface area (Å²) in [6, 6.07) is 5.92. The number of aryl methyl sites for hydroxylation is 2. The smallest absolute Gasteiger partial charge is 0.246 e. The summed E-state index contributed by atoms with van der Waals surface area (Å²) >= 11 is 2.01. The summed E-state index contributed by atoms with van der Waals surface area (Å²) in [5.41, 5.74) is 2.98. The maximum Gasteiger partial charge on any atom is 0.246 e. The number of amides is 1. The van der Waals surface area contributed by atoms with Crippen LogP contribution in [-0.4, -0.2) is 20.7 Å². The number of nitrogens with zero attached hydrogens (tertiary/aromatic N) is 3. The van der Waals surface area contributed by atoms with Crippen LogP contribution in [0.15, 0.2) is 24.5 Å². The number of aromatic nitrogens is 3. The third-order valence-corrected chi connectivity index (χ3v) is 3.05. The van der Waals surface area contributed by atoms with Gasteiger partial charge in [0.25, 0.3) is 0 Å². The highest BCUT2D eigenvalue weighted by molar-refractivity contribution is 14.1. The van der Waals surface area contributed by atoms with Crippen molar-refractivity contribution in [3.05, 3.63) is 39.5 Å². The van der Waals surface area contributed by atoms with Gasteiger partial charge in [-0.3, -0.25) is 4.79 Å². The van der Waals surface area contributed by atoms with Crippen LogP contribution in [0.25, 0.3) is 0 Å². The van der Waals surface area contributed by atoms with Crippen LogP contribution in [-0.2, 0) is 11.3 Å². The van der Waals surface area contributed by atoms with Gasteiger partial charge in [0, 0.05) is 28.3 Å². The number of carbonyl (C=O) groups is 1. The van der Waals surface area contributed by atoms with Crippen molar-refractivity contribution >= 4 is 34.2 Å². The van der Waals surface area contributed by atoms with Crippen molar-refractivity contribution in [2.45, 2.75) is 20.4 Å². The minimum Gasteiger partial charge on any atom is -0.324 e. The Labute approximate surface area is 119 Å². The van der Waals surface area contributed by atoms with Gasteiger partial charge in [-0.2, -0.15) is 0 Å². The number of halogens is 1. The Hall–Kier alpha value is -1.44. The van der Waals surface area contributed by atoms with Gasteiger partial charge in [0.15, 0.2) is 0 Å². The standard InChI is InChI=1S/C12H13IN4O/c1-8-4-3-5-9(2)11(8)15-10(18)6-17-7-14-12(13)16-17/h3-5,7H,6H2,1-2H3,(H,15,18). The lowest BCUT2D eigenvalue weighted by Crippen LogP contribution is -2.20. The van der Waals surface area contributed by atoms with Crippen molar-refractivity contribution in [2.24, 2.45) is 0 Å². The van der Waals surface area contributed by atoms with E-state index in [-0.39, 0.29) is 12.5 Å². The number of nitrogens with one attached hydrogen (secondary N) is 1. The summed E-state index contributed by atoms with van der Waals surface area (Å²) in [7, 11) is 0. The number of hydrogen-bond donors (Lipinski definition) is 1. The van der Waals surface area contributed by atoms with Crippen LogP contribution in [0.2, 0.25) is 0 Å². The molecule has 0 bridgehead atoms. The predicted molar refractivity (Wildman–Crippen MR) is 77.3 cm³/mol. The number of benzene rings is 1. The van der Waals surface area contributed by atoms with Crippen LogP contribution in [0.5, 0.6) is 0 Å². The second kappa shape index (κ2) is 5.47. The van der Waals surface area contributed by atoms with Crippen LogP contribution in [0.3, 0.4) is 0 Å². The molecular weight excluding hydrogens is 343 g/mol. The molecule has 0 saturated carbocycles. The average molecular weight is 356 g/mol. The molecule has 2 aromatic rings. The molecule has 0 fully saturated rings.